The Bertz CT molecular complexity index is 439. The fourth-order valence-electron chi connectivity index (χ4n) is 1.47. The number of carbonyl (C=O) groups is 2. The normalized spacial score (nSPS) is 9.00. The monoisotopic (exact) mass is 251 g/mol. The Morgan fingerprint density at radius 1 is 1.11 bits per heavy atom. The molecule has 0 unspecified atom stereocenters. The van der Waals surface area contributed by atoms with Gasteiger partial charge < -0.3 is 10.1 Å². The zero-order valence-corrected chi connectivity index (χ0v) is 11.9. The van der Waals surface area contributed by atoms with E-state index in [1.54, 1.807) is 19.1 Å². The van der Waals surface area contributed by atoms with Crippen LogP contribution in [0.3, 0.4) is 0 Å². The molecule has 1 N–H and O–H groups in total. The lowest BCUT2D eigenvalue weighted by Gasteiger charge is -2.11. The molecule has 0 aliphatic carbocycles. The number of nitrogens with one attached hydrogen (secondary N) is 1. The molecule has 0 atom stereocenters. The fraction of sp³-hybridized carbons (Fsp3) is 0.429. The number of carbonyl (C=O) groups excluding carboxylic acids is 2. The van der Waals surface area contributed by atoms with Crippen molar-refractivity contribution >= 4 is 17.6 Å². The SMILES string of the molecule is CC.COC(=O)c1cc(C)c(NC(C)=O)cc1C. The van der Waals surface area contributed by atoms with E-state index in [1.807, 2.05) is 20.8 Å². The summed E-state index contributed by atoms with van der Waals surface area (Å²) in [5.41, 5.74) is 2.86. The molecule has 0 fully saturated rings. The molecule has 1 amide bonds. The number of benzene rings is 1. The van der Waals surface area contributed by atoms with Crippen LogP contribution in [0.15, 0.2) is 12.1 Å². The summed E-state index contributed by atoms with van der Waals surface area (Å²) >= 11 is 0. The molecule has 0 saturated carbocycles. The van der Waals surface area contributed by atoms with Gasteiger partial charge in [0, 0.05) is 12.6 Å². The summed E-state index contributed by atoms with van der Waals surface area (Å²) < 4.78 is 4.67. The number of aryl methyl sites for hydroxylation is 2. The van der Waals surface area contributed by atoms with E-state index >= 15 is 0 Å². The molecule has 0 aromatic heterocycles. The zero-order chi connectivity index (χ0) is 14.3. The van der Waals surface area contributed by atoms with Gasteiger partial charge in [0.1, 0.15) is 0 Å². The lowest BCUT2D eigenvalue weighted by Crippen LogP contribution is -2.10. The van der Waals surface area contributed by atoms with Gasteiger partial charge in [0.15, 0.2) is 0 Å². The van der Waals surface area contributed by atoms with E-state index < -0.39 is 0 Å². The smallest absolute Gasteiger partial charge is 0.338 e. The molecule has 1 aromatic carbocycles. The standard InChI is InChI=1S/C12H15NO3.C2H6/c1-7-6-11(13-9(3)14)8(2)5-10(7)12(15)16-4;1-2/h5-6H,1-4H3,(H,13,14);1-2H3. The van der Waals surface area contributed by atoms with E-state index in [9.17, 15) is 9.59 Å². The second-order valence-corrected chi connectivity index (χ2v) is 3.65. The third-order valence-electron chi connectivity index (χ3n) is 2.29. The Balaban J connectivity index is 0.00000137. The Morgan fingerprint density at radius 2 is 1.67 bits per heavy atom. The van der Waals surface area contributed by atoms with E-state index in [1.165, 1.54) is 14.0 Å². The summed E-state index contributed by atoms with van der Waals surface area (Å²) in [6.07, 6.45) is 0. The predicted molar refractivity (Wildman–Crippen MR) is 72.9 cm³/mol. The lowest BCUT2D eigenvalue weighted by atomic mass is 10.0. The van der Waals surface area contributed by atoms with Gasteiger partial charge in [-0.15, -0.1) is 0 Å². The molecule has 1 aromatic rings. The summed E-state index contributed by atoms with van der Waals surface area (Å²) in [5.74, 6) is -0.497. The minimum absolute atomic E-state index is 0.131. The van der Waals surface area contributed by atoms with E-state index in [2.05, 4.69) is 10.1 Å². The minimum atomic E-state index is -0.366. The summed E-state index contributed by atoms with van der Waals surface area (Å²) in [6, 6.07) is 3.48. The Labute approximate surface area is 108 Å². The van der Waals surface area contributed by atoms with Crippen LogP contribution in [0.4, 0.5) is 5.69 Å². The summed E-state index contributed by atoms with van der Waals surface area (Å²) in [7, 11) is 1.35. The number of amides is 1. The first-order valence-corrected chi connectivity index (χ1v) is 5.93. The quantitative estimate of drug-likeness (QED) is 0.822. The van der Waals surface area contributed by atoms with Gasteiger partial charge in [-0.2, -0.15) is 0 Å². The first-order valence-electron chi connectivity index (χ1n) is 5.93. The van der Waals surface area contributed by atoms with Gasteiger partial charge in [-0.1, -0.05) is 13.8 Å². The number of hydrogen-bond acceptors (Lipinski definition) is 3. The van der Waals surface area contributed by atoms with Crippen LogP contribution in [0.2, 0.25) is 0 Å². The second kappa shape index (κ2) is 7.48. The number of rotatable bonds is 2. The van der Waals surface area contributed by atoms with Gasteiger partial charge in [0.2, 0.25) is 5.91 Å². The Morgan fingerprint density at radius 3 is 2.11 bits per heavy atom. The van der Waals surface area contributed by atoms with Crippen LogP contribution in [0.1, 0.15) is 42.3 Å². The molecule has 4 nitrogen and oxygen atoms in total. The van der Waals surface area contributed by atoms with Crippen molar-refractivity contribution in [2.75, 3.05) is 12.4 Å². The molecule has 18 heavy (non-hydrogen) atoms. The largest absolute Gasteiger partial charge is 0.465 e. The highest BCUT2D eigenvalue weighted by atomic mass is 16.5. The Hall–Kier alpha value is -1.84. The number of esters is 1. The van der Waals surface area contributed by atoms with Crippen molar-refractivity contribution in [3.05, 3.63) is 28.8 Å². The average molecular weight is 251 g/mol. The van der Waals surface area contributed by atoms with Crippen molar-refractivity contribution in [3.8, 4) is 0 Å². The molecule has 0 bridgehead atoms. The van der Waals surface area contributed by atoms with Gasteiger partial charge in [-0.05, 0) is 37.1 Å². The van der Waals surface area contributed by atoms with Crippen LogP contribution >= 0.6 is 0 Å². The van der Waals surface area contributed by atoms with E-state index in [-0.39, 0.29) is 11.9 Å². The molecule has 4 heteroatoms. The summed E-state index contributed by atoms with van der Waals surface area (Å²) in [6.45, 7) is 9.08. The number of hydrogen-bond donors (Lipinski definition) is 1. The maximum atomic E-state index is 11.4. The molecule has 0 aliphatic rings. The van der Waals surface area contributed by atoms with Crippen LogP contribution in [0.5, 0.6) is 0 Å². The highest BCUT2D eigenvalue weighted by Crippen LogP contribution is 2.21. The number of methoxy groups -OCH3 is 1. The molecule has 0 saturated heterocycles. The van der Waals surface area contributed by atoms with E-state index in [4.69, 9.17) is 0 Å². The van der Waals surface area contributed by atoms with Crippen molar-refractivity contribution in [1.82, 2.24) is 0 Å². The van der Waals surface area contributed by atoms with Crippen LogP contribution in [0.25, 0.3) is 0 Å². The third-order valence-corrected chi connectivity index (χ3v) is 2.29. The summed E-state index contributed by atoms with van der Waals surface area (Å²) in [5, 5.41) is 2.71. The van der Waals surface area contributed by atoms with Crippen molar-refractivity contribution in [3.63, 3.8) is 0 Å². The van der Waals surface area contributed by atoms with Crippen molar-refractivity contribution < 1.29 is 14.3 Å². The number of anilines is 1. The molecule has 100 valence electrons. The van der Waals surface area contributed by atoms with Crippen LogP contribution < -0.4 is 5.32 Å². The summed E-state index contributed by atoms with van der Waals surface area (Å²) in [4.78, 5) is 22.4. The van der Waals surface area contributed by atoms with Gasteiger partial charge in [-0.25, -0.2) is 4.79 Å². The van der Waals surface area contributed by atoms with Crippen molar-refractivity contribution in [2.24, 2.45) is 0 Å². The van der Waals surface area contributed by atoms with Gasteiger partial charge in [-0.3, -0.25) is 4.79 Å². The molecule has 0 spiro atoms. The average Bonchev–Trinajstić information content (AvgIpc) is 2.34. The van der Waals surface area contributed by atoms with Gasteiger partial charge in [0.25, 0.3) is 0 Å². The fourth-order valence-corrected chi connectivity index (χ4v) is 1.47. The predicted octanol–water partition coefficient (Wildman–Crippen LogP) is 3.07. The third kappa shape index (κ3) is 4.20. The highest BCUT2D eigenvalue weighted by Gasteiger charge is 2.12. The maximum absolute atomic E-state index is 11.4. The van der Waals surface area contributed by atoms with Crippen LogP contribution in [-0.2, 0) is 9.53 Å². The molecule has 0 aliphatic heterocycles. The molecule has 0 radical (unpaired) electrons. The van der Waals surface area contributed by atoms with Crippen molar-refractivity contribution in [1.29, 1.82) is 0 Å². The first-order chi connectivity index (χ1) is 8.45. The second-order valence-electron chi connectivity index (χ2n) is 3.65. The first kappa shape index (κ1) is 16.2. The van der Waals surface area contributed by atoms with E-state index in [0.717, 1.165) is 16.8 Å². The minimum Gasteiger partial charge on any atom is -0.465 e. The van der Waals surface area contributed by atoms with Crippen LogP contribution in [0, 0.1) is 13.8 Å². The molecule has 1 rings (SSSR count). The number of ether oxygens (including phenoxy) is 1. The molecular weight excluding hydrogens is 230 g/mol. The maximum Gasteiger partial charge on any atom is 0.338 e. The zero-order valence-electron chi connectivity index (χ0n) is 11.9. The molecular formula is C14H21NO3. The highest BCUT2D eigenvalue weighted by molar-refractivity contribution is 5.94. The van der Waals surface area contributed by atoms with Gasteiger partial charge in [0.05, 0.1) is 12.7 Å². The topological polar surface area (TPSA) is 55.4 Å². The van der Waals surface area contributed by atoms with E-state index in [0.29, 0.717) is 5.56 Å². The lowest BCUT2D eigenvalue weighted by molar-refractivity contribution is -0.114. The molecule has 0 heterocycles. The van der Waals surface area contributed by atoms with Crippen LogP contribution in [-0.4, -0.2) is 19.0 Å². The van der Waals surface area contributed by atoms with Crippen molar-refractivity contribution in [2.45, 2.75) is 34.6 Å². The van der Waals surface area contributed by atoms with Gasteiger partial charge >= 0.3 is 5.97 Å². The Kier molecular flexibility index (Phi) is 6.71.